The fourth-order valence-electron chi connectivity index (χ4n) is 1.61. The van der Waals surface area contributed by atoms with Gasteiger partial charge in [-0.2, -0.15) is 0 Å². The Hall–Kier alpha value is -2.09. The van der Waals surface area contributed by atoms with Crippen LogP contribution in [0.1, 0.15) is 11.1 Å². The van der Waals surface area contributed by atoms with Gasteiger partial charge in [-0.3, -0.25) is 0 Å². The molecule has 0 spiro atoms. The first-order valence-electron chi connectivity index (χ1n) is 5.68. The summed E-state index contributed by atoms with van der Waals surface area (Å²) in [7, 11) is 0. The first kappa shape index (κ1) is 11.4. The predicted octanol–water partition coefficient (Wildman–Crippen LogP) is 4.08. The number of benzene rings is 2. The first-order chi connectivity index (χ1) is 8.27. The summed E-state index contributed by atoms with van der Waals surface area (Å²) in [4.78, 5) is 4.41. The van der Waals surface area contributed by atoms with Crippen molar-refractivity contribution in [3.8, 4) is 0 Å². The lowest BCUT2D eigenvalue weighted by Gasteiger charge is -2.04. The van der Waals surface area contributed by atoms with E-state index < -0.39 is 0 Å². The van der Waals surface area contributed by atoms with Crippen LogP contribution in [0.5, 0.6) is 0 Å². The van der Waals surface area contributed by atoms with Crippen molar-refractivity contribution in [2.24, 2.45) is 4.99 Å². The molecule has 2 heteroatoms. The van der Waals surface area contributed by atoms with Crippen molar-refractivity contribution < 1.29 is 0 Å². The number of hydrogen-bond donors (Lipinski definition) is 1. The molecule has 0 saturated heterocycles. The Morgan fingerprint density at radius 2 is 1.53 bits per heavy atom. The van der Waals surface area contributed by atoms with Gasteiger partial charge >= 0.3 is 0 Å². The van der Waals surface area contributed by atoms with Crippen LogP contribution >= 0.6 is 0 Å². The third-order valence-corrected chi connectivity index (χ3v) is 2.68. The Morgan fingerprint density at radius 3 is 2.24 bits per heavy atom. The highest BCUT2D eigenvalue weighted by molar-refractivity contribution is 5.79. The molecule has 0 aliphatic carbocycles. The zero-order valence-electron chi connectivity index (χ0n) is 10.1. The molecule has 0 saturated carbocycles. The van der Waals surface area contributed by atoms with Gasteiger partial charge in [0.15, 0.2) is 0 Å². The number of para-hydroxylation sites is 2. The van der Waals surface area contributed by atoms with Crippen molar-refractivity contribution in [2.45, 2.75) is 13.8 Å². The Bertz CT molecular complexity index is 530. The lowest BCUT2D eigenvalue weighted by Crippen LogP contribution is -1.96. The predicted molar refractivity (Wildman–Crippen MR) is 74.1 cm³/mol. The first-order valence-corrected chi connectivity index (χ1v) is 5.68. The number of nitrogens with one attached hydrogen (secondary N) is 1. The summed E-state index contributed by atoms with van der Waals surface area (Å²) >= 11 is 0. The molecule has 0 atom stereocenters. The fourth-order valence-corrected chi connectivity index (χ4v) is 1.61. The Balaban J connectivity index is 2.09. The minimum Gasteiger partial charge on any atom is -0.346 e. The second-order valence-electron chi connectivity index (χ2n) is 4.00. The second-order valence-corrected chi connectivity index (χ2v) is 4.00. The number of hydrogen-bond acceptors (Lipinski definition) is 1. The number of aryl methyl sites for hydroxylation is 2. The maximum absolute atomic E-state index is 4.41. The third kappa shape index (κ3) is 2.94. The average molecular weight is 224 g/mol. The molecule has 0 heterocycles. The van der Waals surface area contributed by atoms with Gasteiger partial charge in [-0.25, -0.2) is 4.99 Å². The molecule has 1 N–H and O–H groups in total. The van der Waals surface area contributed by atoms with Gasteiger partial charge in [-0.1, -0.05) is 36.4 Å². The minimum absolute atomic E-state index is 0.994. The van der Waals surface area contributed by atoms with Crippen molar-refractivity contribution in [1.29, 1.82) is 0 Å². The van der Waals surface area contributed by atoms with Crippen molar-refractivity contribution >= 4 is 17.7 Å². The zero-order chi connectivity index (χ0) is 12.1. The summed E-state index contributed by atoms with van der Waals surface area (Å²) < 4.78 is 0. The number of nitrogens with zero attached hydrogens (tertiary/aromatic N) is 1. The normalized spacial score (nSPS) is 10.7. The molecular formula is C15H16N2. The van der Waals surface area contributed by atoms with Crippen LogP contribution in [0.25, 0.3) is 0 Å². The largest absolute Gasteiger partial charge is 0.346 e. The van der Waals surface area contributed by atoms with Gasteiger partial charge in [0.05, 0.1) is 12.0 Å². The lowest BCUT2D eigenvalue weighted by molar-refractivity contribution is 1.40. The molecule has 0 radical (unpaired) electrons. The van der Waals surface area contributed by atoms with Gasteiger partial charge in [0.25, 0.3) is 0 Å². The van der Waals surface area contributed by atoms with Gasteiger partial charge < -0.3 is 5.32 Å². The van der Waals surface area contributed by atoms with Crippen LogP contribution in [0.2, 0.25) is 0 Å². The van der Waals surface area contributed by atoms with E-state index in [2.05, 4.69) is 36.3 Å². The van der Waals surface area contributed by atoms with Crippen molar-refractivity contribution in [1.82, 2.24) is 0 Å². The standard InChI is InChI=1S/C15H16N2/c1-12-7-3-5-9-14(12)16-11-17-15-10-6-4-8-13(15)2/h3-11H,1-2H3,(H,16,17). The van der Waals surface area contributed by atoms with E-state index in [0.29, 0.717) is 0 Å². The van der Waals surface area contributed by atoms with E-state index in [0.717, 1.165) is 11.4 Å². The quantitative estimate of drug-likeness (QED) is 0.616. The van der Waals surface area contributed by atoms with Crippen LogP contribution in [-0.4, -0.2) is 6.34 Å². The van der Waals surface area contributed by atoms with Crippen molar-refractivity contribution in [3.63, 3.8) is 0 Å². The Labute approximate surface area is 102 Å². The molecule has 2 aromatic rings. The SMILES string of the molecule is Cc1ccccc1N=CNc1ccccc1C. The highest BCUT2D eigenvalue weighted by atomic mass is 14.9. The summed E-state index contributed by atoms with van der Waals surface area (Å²) in [5, 5.41) is 3.20. The van der Waals surface area contributed by atoms with E-state index >= 15 is 0 Å². The molecule has 86 valence electrons. The van der Waals surface area contributed by atoms with E-state index in [4.69, 9.17) is 0 Å². The number of anilines is 1. The monoisotopic (exact) mass is 224 g/mol. The van der Waals surface area contributed by atoms with Gasteiger partial charge in [0.2, 0.25) is 0 Å². The lowest BCUT2D eigenvalue weighted by atomic mass is 10.2. The fraction of sp³-hybridized carbons (Fsp3) is 0.133. The zero-order valence-corrected chi connectivity index (χ0v) is 10.1. The number of aliphatic imine (C=N–C) groups is 1. The molecule has 2 aromatic carbocycles. The van der Waals surface area contributed by atoms with Gasteiger partial charge in [-0.15, -0.1) is 0 Å². The van der Waals surface area contributed by atoms with Crippen molar-refractivity contribution in [2.75, 3.05) is 5.32 Å². The van der Waals surface area contributed by atoms with Gasteiger partial charge in [-0.05, 0) is 37.1 Å². The second kappa shape index (κ2) is 5.30. The summed E-state index contributed by atoms with van der Waals surface area (Å²) in [6.45, 7) is 4.13. The molecule has 17 heavy (non-hydrogen) atoms. The van der Waals surface area contributed by atoms with E-state index in [-0.39, 0.29) is 0 Å². The molecule has 0 fully saturated rings. The molecule has 2 nitrogen and oxygen atoms in total. The third-order valence-electron chi connectivity index (χ3n) is 2.68. The maximum atomic E-state index is 4.41. The van der Waals surface area contributed by atoms with Crippen LogP contribution in [0.3, 0.4) is 0 Å². The summed E-state index contributed by atoms with van der Waals surface area (Å²) in [5.74, 6) is 0. The molecule has 0 bridgehead atoms. The molecule has 2 rings (SSSR count). The van der Waals surface area contributed by atoms with Crippen LogP contribution in [0.4, 0.5) is 11.4 Å². The van der Waals surface area contributed by atoms with Gasteiger partial charge in [0, 0.05) is 5.69 Å². The maximum Gasteiger partial charge on any atom is 0.0930 e. The molecule has 0 amide bonds. The van der Waals surface area contributed by atoms with E-state index in [1.807, 2.05) is 36.4 Å². The minimum atomic E-state index is 0.994. The summed E-state index contributed by atoms with van der Waals surface area (Å²) in [5.41, 5.74) is 4.47. The Morgan fingerprint density at radius 1 is 0.882 bits per heavy atom. The van der Waals surface area contributed by atoms with E-state index in [1.54, 1.807) is 6.34 Å². The van der Waals surface area contributed by atoms with Crippen LogP contribution in [-0.2, 0) is 0 Å². The van der Waals surface area contributed by atoms with E-state index in [1.165, 1.54) is 11.1 Å². The van der Waals surface area contributed by atoms with Crippen LogP contribution < -0.4 is 5.32 Å². The van der Waals surface area contributed by atoms with Gasteiger partial charge in [0.1, 0.15) is 0 Å². The molecule has 0 aliphatic rings. The summed E-state index contributed by atoms with van der Waals surface area (Å²) in [6, 6.07) is 16.2. The highest BCUT2D eigenvalue weighted by Gasteiger charge is 1.94. The highest BCUT2D eigenvalue weighted by Crippen LogP contribution is 2.17. The molecule has 0 aliphatic heterocycles. The van der Waals surface area contributed by atoms with Crippen LogP contribution in [0.15, 0.2) is 53.5 Å². The molecular weight excluding hydrogens is 208 g/mol. The van der Waals surface area contributed by atoms with Crippen molar-refractivity contribution in [3.05, 3.63) is 59.7 Å². The Kier molecular flexibility index (Phi) is 3.55. The smallest absolute Gasteiger partial charge is 0.0930 e. The molecule has 0 unspecified atom stereocenters. The average Bonchev–Trinajstić information content (AvgIpc) is 2.34. The number of rotatable bonds is 3. The molecule has 0 aromatic heterocycles. The van der Waals surface area contributed by atoms with E-state index in [9.17, 15) is 0 Å². The topological polar surface area (TPSA) is 24.4 Å². The summed E-state index contributed by atoms with van der Waals surface area (Å²) in [6.07, 6.45) is 1.74. The van der Waals surface area contributed by atoms with Crippen LogP contribution in [0, 0.1) is 13.8 Å².